The van der Waals surface area contributed by atoms with Crippen LogP contribution in [0.1, 0.15) is 11.3 Å². The SMILES string of the molecule is Cn1c(-c2cc(C(F)(F)F)ccc2Cl)nc(C(F)(F)F)c(N)c1=O. The van der Waals surface area contributed by atoms with Gasteiger partial charge in [-0.05, 0) is 18.2 Å². The first-order chi connectivity index (χ1) is 10.8. The van der Waals surface area contributed by atoms with Crippen molar-refractivity contribution >= 4 is 17.3 Å². The number of anilines is 1. The van der Waals surface area contributed by atoms with Crippen LogP contribution in [-0.2, 0) is 19.4 Å². The summed E-state index contributed by atoms with van der Waals surface area (Å²) in [5.74, 6) is -0.683. The Morgan fingerprint density at radius 2 is 1.71 bits per heavy atom. The summed E-state index contributed by atoms with van der Waals surface area (Å²) in [5.41, 5.74) is -0.593. The number of rotatable bonds is 1. The zero-order chi connectivity index (χ0) is 18.4. The maximum atomic E-state index is 12.9. The highest BCUT2D eigenvalue weighted by molar-refractivity contribution is 6.33. The predicted molar refractivity (Wildman–Crippen MR) is 74.3 cm³/mol. The number of hydrogen-bond donors (Lipinski definition) is 1. The molecule has 1 aromatic heterocycles. The van der Waals surface area contributed by atoms with Crippen LogP contribution in [0, 0.1) is 0 Å². The Kier molecular flexibility index (Phi) is 4.29. The minimum Gasteiger partial charge on any atom is -0.392 e. The molecule has 1 heterocycles. The summed E-state index contributed by atoms with van der Waals surface area (Å²) in [4.78, 5) is 15.1. The van der Waals surface area contributed by atoms with E-state index in [-0.39, 0.29) is 5.02 Å². The fourth-order valence-electron chi connectivity index (χ4n) is 1.95. The zero-order valence-corrected chi connectivity index (χ0v) is 12.5. The number of aromatic nitrogens is 2. The van der Waals surface area contributed by atoms with Gasteiger partial charge in [0.15, 0.2) is 5.69 Å². The summed E-state index contributed by atoms with van der Waals surface area (Å²) < 4.78 is 77.8. The zero-order valence-electron chi connectivity index (χ0n) is 11.8. The van der Waals surface area contributed by atoms with Crippen molar-refractivity contribution in [3.05, 3.63) is 44.8 Å². The van der Waals surface area contributed by atoms with Crippen LogP contribution in [0.15, 0.2) is 23.0 Å². The van der Waals surface area contributed by atoms with Gasteiger partial charge >= 0.3 is 12.4 Å². The van der Waals surface area contributed by atoms with Gasteiger partial charge in [-0.25, -0.2) is 4.98 Å². The van der Waals surface area contributed by atoms with Crippen molar-refractivity contribution in [2.24, 2.45) is 7.05 Å². The molecular weight excluding hydrogens is 364 g/mol. The fourth-order valence-corrected chi connectivity index (χ4v) is 2.15. The molecule has 0 radical (unpaired) electrons. The maximum absolute atomic E-state index is 12.9. The summed E-state index contributed by atoms with van der Waals surface area (Å²) in [6.07, 6.45) is -9.81. The lowest BCUT2D eigenvalue weighted by Crippen LogP contribution is -2.28. The van der Waals surface area contributed by atoms with Gasteiger partial charge in [0.05, 0.1) is 10.6 Å². The Labute approximate surface area is 135 Å². The molecule has 0 spiro atoms. The number of nitrogens with zero attached hydrogens (tertiary/aromatic N) is 2. The average molecular weight is 372 g/mol. The van der Waals surface area contributed by atoms with E-state index in [1.807, 2.05) is 0 Å². The third kappa shape index (κ3) is 3.18. The molecule has 0 aliphatic rings. The molecule has 0 unspecified atom stereocenters. The van der Waals surface area contributed by atoms with Crippen molar-refractivity contribution in [3.8, 4) is 11.4 Å². The van der Waals surface area contributed by atoms with Crippen LogP contribution in [0.3, 0.4) is 0 Å². The second kappa shape index (κ2) is 5.69. The number of alkyl halides is 6. The molecule has 11 heteroatoms. The summed E-state index contributed by atoms with van der Waals surface area (Å²) in [6, 6.07) is 2.03. The third-order valence-electron chi connectivity index (χ3n) is 3.13. The molecule has 0 amide bonds. The molecule has 4 nitrogen and oxygen atoms in total. The Hall–Kier alpha value is -2.23. The van der Waals surface area contributed by atoms with Gasteiger partial charge in [-0.15, -0.1) is 0 Å². The lowest BCUT2D eigenvalue weighted by molar-refractivity contribution is -0.140. The van der Waals surface area contributed by atoms with Gasteiger partial charge in [0.2, 0.25) is 0 Å². The van der Waals surface area contributed by atoms with E-state index in [9.17, 15) is 31.1 Å². The summed E-state index contributed by atoms with van der Waals surface area (Å²) >= 11 is 5.78. The second-order valence-electron chi connectivity index (χ2n) is 4.75. The van der Waals surface area contributed by atoms with Crippen molar-refractivity contribution in [2.75, 3.05) is 5.73 Å². The van der Waals surface area contributed by atoms with Gasteiger partial charge in [0, 0.05) is 12.6 Å². The van der Waals surface area contributed by atoms with Gasteiger partial charge in [0.25, 0.3) is 5.56 Å². The fraction of sp³-hybridized carbons (Fsp3) is 0.231. The molecule has 0 bridgehead atoms. The van der Waals surface area contributed by atoms with Crippen LogP contribution < -0.4 is 11.3 Å². The monoisotopic (exact) mass is 371 g/mol. The molecule has 0 fully saturated rings. The first kappa shape index (κ1) is 18.1. The third-order valence-corrected chi connectivity index (χ3v) is 3.46. The lowest BCUT2D eigenvalue weighted by Gasteiger charge is -2.16. The molecule has 0 atom stereocenters. The molecule has 0 aliphatic carbocycles. The average Bonchev–Trinajstić information content (AvgIpc) is 2.43. The Bertz CT molecular complexity index is 856. The number of nitrogens with two attached hydrogens (primary N) is 1. The van der Waals surface area contributed by atoms with Crippen LogP contribution in [0.5, 0.6) is 0 Å². The van der Waals surface area contributed by atoms with Gasteiger partial charge in [-0.3, -0.25) is 9.36 Å². The van der Waals surface area contributed by atoms with E-state index in [1.54, 1.807) is 0 Å². The van der Waals surface area contributed by atoms with Crippen LogP contribution in [0.25, 0.3) is 11.4 Å². The molecule has 0 saturated heterocycles. The quantitative estimate of drug-likeness (QED) is 0.777. The molecule has 2 aromatic rings. The van der Waals surface area contributed by atoms with Crippen molar-refractivity contribution in [1.29, 1.82) is 0 Å². The second-order valence-corrected chi connectivity index (χ2v) is 5.16. The molecule has 0 aliphatic heterocycles. The van der Waals surface area contributed by atoms with Gasteiger partial charge in [0.1, 0.15) is 11.5 Å². The molecule has 2 N–H and O–H groups in total. The number of hydrogen-bond acceptors (Lipinski definition) is 3. The standard InChI is InChI=1S/C13H8ClF6N3O/c1-23-10(22-9(13(18,19)20)8(21)11(23)24)6-4-5(12(15,16)17)2-3-7(6)14/h2-4H,21H2,1H3. The van der Waals surface area contributed by atoms with Gasteiger partial charge in [-0.2, -0.15) is 26.3 Å². The molecule has 2 rings (SSSR count). The normalized spacial score (nSPS) is 12.5. The Balaban J connectivity index is 2.83. The summed E-state index contributed by atoms with van der Waals surface area (Å²) in [6.45, 7) is 0. The highest BCUT2D eigenvalue weighted by Crippen LogP contribution is 2.37. The molecular formula is C13H8ClF6N3O. The smallest absolute Gasteiger partial charge is 0.392 e. The van der Waals surface area contributed by atoms with E-state index in [0.29, 0.717) is 16.7 Å². The summed E-state index contributed by atoms with van der Waals surface area (Å²) in [5, 5.41) is -0.302. The minimum absolute atomic E-state index is 0.302. The number of nitrogen functional groups attached to an aromatic ring is 1. The largest absolute Gasteiger partial charge is 0.435 e. The number of halogens is 7. The highest BCUT2D eigenvalue weighted by Gasteiger charge is 2.38. The van der Waals surface area contributed by atoms with E-state index in [2.05, 4.69) is 4.98 Å². The van der Waals surface area contributed by atoms with Crippen molar-refractivity contribution < 1.29 is 26.3 Å². The number of benzene rings is 1. The lowest BCUT2D eigenvalue weighted by atomic mass is 10.1. The maximum Gasteiger partial charge on any atom is 0.435 e. The van der Waals surface area contributed by atoms with Crippen LogP contribution in [-0.4, -0.2) is 9.55 Å². The molecule has 130 valence electrons. The Morgan fingerprint density at radius 1 is 1.12 bits per heavy atom. The first-order valence-corrected chi connectivity index (χ1v) is 6.52. The van der Waals surface area contributed by atoms with Crippen LogP contribution in [0.4, 0.5) is 32.0 Å². The Morgan fingerprint density at radius 3 is 2.21 bits per heavy atom. The predicted octanol–water partition coefficient (Wildman–Crippen LogP) is 3.72. The van der Waals surface area contributed by atoms with E-state index in [0.717, 1.165) is 13.1 Å². The van der Waals surface area contributed by atoms with Gasteiger partial charge in [-0.1, -0.05) is 11.6 Å². The van der Waals surface area contributed by atoms with Crippen molar-refractivity contribution in [2.45, 2.75) is 12.4 Å². The van der Waals surface area contributed by atoms with E-state index >= 15 is 0 Å². The first-order valence-electron chi connectivity index (χ1n) is 6.15. The topological polar surface area (TPSA) is 60.9 Å². The molecule has 1 aromatic carbocycles. The van der Waals surface area contributed by atoms with E-state index in [4.69, 9.17) is 17.3 Å². The van der Waals surface area contributed by atoms with E-state index < -0.39 is 46.2 Å². The van der Waals surface area contributed by atoms with Crippen LogP contribution >= 0.6 is 11.6 Å². The van der Waals surface area contributed by atoms with Crippen LogP contribution in [0.2, 0.25) is 5.02 Å². The van der Waals surface area contributed by atoms with Crippen molar-refractivity contribution in [1.82, 2.24) is 9.55 Å². The molecule has 0 saturated carbocycles. The van der Waals surface area contributed by atoms with E-state index in [1.165, 1.54) is 0 Å². The van der Waals surface area contributed by atoms with Gasteiger partial charge < -0.3 is 5.73 Å². The van der Waals surface area contributed by atoms with Crippen molar-refractivity contribution in [3.63, 3.8) is 0 Å². The minimum atomic E-state index is -5.06. The molecule has 24 heavy (non-hydrogen) atoms. The highest BCUT2D eigenvalue weighted by atomic mass is 35.5. The summed E-state index contributed by atoms with van der Waals surface area (Å²) in [7, 11) is 1.03.